The number of nitrogens with zero attached hydrogens (tertiary/aromatic N) is 2. The fourth-order valence-corrected chi connectivity index (χ4v) is 4.32. The Bertz CT molecular complexity index is 360. The van der Waals surface area contributed by atoms with Crippen LogP contribution in [0.4, 0.5) is 0 Å². The summed E-state index contributed by atoms with van der Waals surface area (Å²) < 4.78 is 0. The first-order valence-electron chi connectivity index (χ1n) is 5.88. The van der Waals surface area contributed by atoms with Crippen molar-refractivity contribution in [3.05, 3.63) is 0 Å². The molecule has 0 saturated carbocycles. The van der Waals surface area contributed by atoms with Crippen LogP contribution >= 0.6 is 11.8 Å². The highest BCUT2D eigenvalue weighted by Crippen LogP contribution is 2.45. The molecule has 0 aliphatic carbocycles. The van der Waals surface area contributed by atoms with Crippen LogP contribution in [0.1, 0.15) is 25.7 Å². The van der Waals surface area contributed by atoms with Crippen molar-refractivity contribution < 1.29 is 9.59 Å². The van der Waals surface area contributed by atoms with Gasteiger partial charge >= 0.3 is 0 Å². The smallest absolute Gasteiger partial charge is 0.259 e. The summed E-state index contributed by atoms with van der Waals surface area (Å²) >= 11 is 1.54. The van der Waals surface area contributed by atoms with Crippen molar-refractivity contribution in [2.45, 2.75) is 36.6 Å². The van der Waals surface area contributed by atoms with Crippen LogP contribution in [0.3, 0.4) is 0 Å². The van der Waals surface area contributed by atoms with E-state index in [0.717, 1.165) is 38.8 Å². The van der Waals surface area contributed by atoms with Crippen LogP contribution in [0, 0.1) is 0 Å². The molecule has 0 spiro atoms. The molecule has 0 bridgehead atoms. The molecule has 2 atom stereocenters. The van der Waals surface area contributed by atoms with Crippen LogP contribution in [0.25, 0.3) is 0 Å². The monoisotopic (exact) mass is 240 g/mol. The Morgan fingerprint density at radius 1 is 1.31 bits per heavy atom. The Labute approximate surface area is 99.3 Å². The van der Waals surface area contributed by atoms with E-state index < -0.39 is 4.87 Å². The average molecular weight is 240 g/mol. The first kappa shape index (κ1) is 10.4. The summed E-state index contributed by atoms with van der Waals surface area (Å²) in [7, 11) is 0. The van der Waals surface area contributed by atoms with E-state index in [1.807, 2.05) is 16.1 Å². The van der Waals surface area contributed by atoms with Gasteiger partial charge in [0.25, 0.3) is 5.91 Å². The molecular weight excluding hydrogens is 224 g/mol. The lowest BCUT2D eigenvalue weighted by Gasteiger charge is -2.46. The van der Waals surface area contributed by atoms with E-state index in [4.69, 9.17) is 0 Å². The number of hydrogen-bond donors (Lipinski definition) is 0. The largest absolute Gasteiger partial charge is 0.328 e. The van der Waals surface area contributed by atoms with Crippen molar-refractivity contribution in [1.29, 1.82) is 0 Å². The van der Waals surface area contributed by atoms with Gasteiger partial charge in [-0.05, 0) is 31.9 Å². The molecule has 5 heteroatoms. The first-order chi connectivity index (χ1) is 7.70. The lowest BCUT2D eigenvalue weighted by molar-refractivity contribution is -0.159. The number of fused-ring (bicyclic) bond motifs is 2. The summed E-state index contributed by atoms with van der Waals surface area (Å²) in [6, 6.07) is -0.147. The quantitative estimate of drug-likeness (QED) is 0.676. The van der Waals surface area contributed by atoms with E-state index >= 15 is 0 Å². The SMILES string of the molecule is CS[C@@]12CCCN1C(=O)[C@@H]1CCCN1C2=O. The van der Waals surface area contributed by atoms with Crippen LogP contribution in [0.5, 0.6) is 0 Å². The Morgan fingerprint density at radius 3 is 2.88 bits per heavy atom. The number of thioether (sulfide) groups is 1. The lowest BCUT2D eigenvalue weighted by atomic mass is 10.1. The van der Waals surface area contributed by atoms with Gasteiger partial charge in [-0.25, -0.2) is 0 Å². The van der Waals surface area contributed by atoms with Gasteiger partial charge in [-0.15, -0.1) is 11.8 Å². The van der Waals surface area contributed by atoms with Gasteiger partial charge in [0.1, 0.15) is 6.04 Å². The third-order valence-corrected chi connectivity index (χ3v) is 5.34. The third kappa shape index (κ3) is 1.07. The molecule has 2 amide bonds. The molecule has 0 aromatic carbocycles. The van der Waals surface area contributed by atoms with Gasteiger partial charge in [-0.3, -0.25) is 9.59 Å². The predicted molar refractivity (Wildman–Crippen MR) is 61.9 cm³/mol. The highest BCUT2D eigenvalue weighted by Gasteiger charge is 2.58. The third-order valence-electron chi connectivity index (χ3n) is 4.07. The molecular formula is C11H16N2O2S. The fraction of sp³-hybridized carbons (Fsp3) is 0.818. The molecule has 0 aromatic heterocycles. The molecule has 3 heterocycles. The van der Waals surface area contributed by atoms with Crippen molar-refractivity contribution >= 4 is 23.6 Å². The molecule has 0 N–H and O–H groups in total. The molecule has 0 aromatic rings. The Hall–Kier alpha value is -0.710. The van der Waals surface area contributed by atoms with Crippen LogP contribution in [0.15, 0.2) is 0 Å². The number of rotatable bonds is 1. The van der Waals surface area contributed by atoms with Crippen molar-refractivity contribution in [1.82, 2.24) is 9.80 Å². The summed E-state index contributed by atoms with van der Waals surface area (Å²) in [5.74, 6) is 0.364. The van der Waals surface area contributed by atoms with E-state index in [9.17, 15) is 9.59 Å². The Kier molecular flexibility index (Phi) is 2.21. The minimum atomic E-state index is -0.558. The molecule has 88 valence electrons. The molecule has 3 aliphatic heterocycles. The number of amides is 2. The predicted octanol–water partition coefficient (Wildman–Crippen LogP) is 0.673. The fourth-order valence-electron chi connectivity index (χ4n) is 3.27. The molecule has 16 heavy (non-hydrogen) atoms. The second-order valence-electron chi connectivity index (χ2n) is 4.74. The average Bonchev–Trinajstić information content (AvgIpc) is 2.93. The van der Waals surface area contributed by atoms with E-state index in [1.54, 1.807) is 0 Å². The Morgan fingerprint density at radius 2 is 2.12 bits per heavy atom. The van der Waals surface area contributed by atoms with Gasteiger partial charge < -0.3 is 9.80 Å². The van der Waals surface area contributed by atoms with Gasteiger partial charge in [0.05, 0.1) is 0 Å². The summed E-state index contributed by atoms with van der Waals surface area (Å²) in [6.07, 6.45) is 5.55. The first-order valence-corrected chi connectivity index (χ1v) is 7.11. The van der Waals surface area contributed by atoms with Gasteiger partial charge in [0, 0.05) is 13.1 Å². The zero-order valence-corrected chi connectivity index (χ0v) is 10.3. The number of hydrogen-bond acceptors (Lipinski definition) is 3. The number of piperazine rings is 1. The highest BCUT2D eigenvalue weighted by atomic mass is 32.2. The molecule has 0 unspecified atom stereocenters. The van der Waals surface area contributed by atoms with Crippen molar-refractivity contribution in [3.8, 4) is 0 Å². The number of carbonyl (C=O) groups excluding carboxylic acids is 2. The number of carbonyl (C=O) groups is 2. The second kappa shape index (κ2) is 3.39. The summed E-state index contributed by atoms with van der Waals surface area (Å²) in [4.78, 5) is 27.9. The van der Waals surface area contributed by atoms with Crippen molar-refractivity contribution in [2.75, 3.05) is 19.3 Å². The van der Waals surface area contributed by atoms with Crippen LogP contribution in [-0.4, -0.2) is 51.9 Å². The van der Waals surface area contributed by atoms with Crippen molar-refractivity contribution in [3.63, 3.8) is 0 Å². The summed E-state index contributed by atoms with van der Waals surface area (Å²) in [6.45, 7) is 1.53. The van der Waals surface area contributed by atoms with Gasteiger partial charge in [0.15, 0.2) is 4.87 Å². The van der Waals surface area contributed by atoms with Crippen LogP contribution < -0.4 is 0 Å². The second-order valence-corrected chi connectivity index (χ2v) is 5.82. The van der Waals surface area contributed by atoms with Gasteiger partial charge in [0.2, 0.25) is 5.91 Å². The van der Waals surface area contributed by atoms with Gasteiger partial charge in [-0.1, -0.05) is 0 Å². The molecule has 3 aliphatic rings. The highest BCUT2D eigenvalue weighted by molar-refractivity contribution is 8.00. The minimum Gasteiger partial charge on any atom is -0.328 e. The maximum Gasteiger partial charge on any atom is 0.259 e. The van der Waals surface area contributed by atoms with Gasteiger partial charge in [-0.2, -0.15) is 0 Å². The molecule has 3 rings (SSSR count). The zero-order chi connectivity index (χ0) is 11.3. The summed E-state index contributed by atoms with van der Waals surface area (Å²) in [5.41, 5.74) is 0. The van der Waals surface area contributed by atoms with E-state index in [-0.39, 0.29) is 17.9 Å². The molecule has 4 nitrogen and oxygen atoms in total. The maximum absolute atomic E-state index is 12.5. The van der Waals surface area contributed by atoms with Crippen molar-refractivity contribution in [2.24, 2.45) is 0 Å². The topological polar surface area (TPSA) is 40.6 Å². The van der Waals surface area contributed by atoms with E-state index in [0.29, 0.717) is 0 Å². The normalized spacial score (nSPS) is 37.9. The Balaban J connectivity index is 2.04. The standard InChI is InChI=1S/C11H16N2O2S/c1-16-11-5-3-7-13(11)9(14)8-4-2-6-12(8)10(11)15/h8H,2-7H2,1H3/t8-,11+/m0/s1. The van der Waals surface area contributed by atoms with E-state index in [1.165, 1.54) is 11.8 Å². The molecule has 3 saturated heterocycles. The van der Waals surface area contributed by atoms with Crippen LogP contribution in [0.2, 0.25) is 0 Å². The lowest BCUT2D eigenvalue weighted by Crippen LogP contribution is -2.66. The van der Waals surface area contributed by atoms with E-state index in [2.05, 4.69) is 0 Å². The molecule has 3 fully saturated rings. The zero-order valence-electron chi connectivity index (χ0n) is 9.44. The van der Waals surface area contributed by atoms with Crippen LogP contribution in [-0.2, 0) is 9.59 Å². The minimum absolute atomic E-state index is 0.147. The molecule has 0 radical (unpaired) electrons. The summed E-state index contributed by atoms with van der Waals surface area (Å²) in [5, 5.41) is 0. The maximum atomic E-state index is 12.5.